The molecule has 0 fully saturated rings. The normalized spacial score (nSPS) is 14.1. The molecule has 0 bridgehead atoms. The molecule has 0 saturated carbocycles. The van der Waals surface area contributed by atoms with Crippen molar-refractivity contribution in [3.8, 4) is 0 Å². The maximum Gasteiger partial charge on any atom is 0.231 e. The van der Waals surface area contributed by atoms with Crippen LogP contribution in [0.15, 0.2) is 22.7 Å². The lowest BCUT2D eigenvalue weighted by atomic mass is 9.98. The molecule has 0 amide bonds. The summed E-state index contributed by atoms with van der Waals surface area (Å²) in [6, 6.07) is 5.69. The number of hydrogen-bond acceptors (Lipinski definition) is 4. The van der Waals surface area contributed by atoms with Crippen LogP contribution in [0, 0.1) is 0 Å². The standard InChI is InChI=1S/C15H19Cl2N3O/c1-4-12(9(2)18-3)15-19-14(20-21-15)7-10-5-6-11(16)8-13(10)17/h5-6,8-9,12,18H,4,7H2,1-3H3. The Morgan fingerprint density at radius 2 is 2.10 bits per heavy atom. The minimum atomic E-state index is 0.205. The summed E-state index contributed by atoms with van der Waals surface area (Å²) in [6.45, 7) is 4.21. The summed E-state index contributed by atoms with van der Waals surface area (Å²) in [5.74, 6) is 1.51. The van der Waals surface area contributed by atoms with Gasteiger partial charge in [-0.3, -0.25) is 0 Å². The highest BCUT2D eigenvalue weighted by molar-refractivity contribution is 6.35. The highest BCUT2D eigenvalue weighted by atomic mass is 35.5. The summed E-state index contributed by atoms with van der Waals surface area (Å²) in [4.78, 5) is 4.50. The first-order chi connectivity index (χ1) is 10.0. The number of likely N-dealkylation sites (N-methyl/N-ethyl adjacent to an activating group) is 1. The highest BCUT2D eigenvalue weighted by Gasteiger charge is 2.22. The Morgan fingerprint density at radius 3 is 2.71 bits per heavy atom. The van der Waals surface area contributed by atoms with E-state index < -0.39 is 0 Å². The lowest BCUT2D eigenvalue weighted by Gasteiger charge is -2.17. The Kier molecular flexibility index (Phi) is 5.62. The van der Waals surface area contributed by atoms with Crippen molar-refractivity contribution in [1.82, 2.24) is 15.5 Å². The molecule has 0 aliphatic carbocycles. The molecule has 1 aromatic heterocycles. The lowest BCUT2D eigenvalue weighted by Crippen LogP contribution is -2.28. The van der Waals surface area contributed by atoms with E-state index in [1.807, 2.05) is 19.2 Å². The van der Waals surface area contributed by atoms with Gasteiger partial charge in [-0.25, -0.2) is 0 Å². The summed E-state index contributed by atoms with van der Waals surface area (Å²) >= 11 is 12.1. The maximum absolute atomic E-state index is 6.17. The molecule has 0 saturated heterocycles. The summed E-state index contributed by atoms with van der Waals surface area (Å²) < 4.78 is 5.41. The smallest absolute Gasteiger partial charge is 0.231 e. The van der Waals surface area contributed by atoms with Gasteiger partial charge in [0.15, 0.2) is 5.82 Å². The monoisotopic (exact) mass is 327 g/mol. The number of benzene rings is 1. The molecule has 2 unspecified atom stereocenters. The molecule has 4 nitrogen and oxygen atoms in total. The van der Waals surface area contributed by atoms with E-state index in [1.165, 1.54) is 0 Å². The first kappa shape index (κ1) is 16.3. The van der Waals surface area contributed by atoms with Crippen LogP contribution in [-0.4, -0.2) is 23.2 Å². The van der Waals surface area contributed by atoms with Crippen LogP contribution in [0.1, 0.15) is 43.5 Å². The molecule has 1 N–H and O–H groups in total. The predicted octanol–water partition coefficient (Wildman–Crippen LogP) is 4.07. The van der Waals surface area contributed by atoms with Crippen LogP contribution in [0.25, 0.3) is 0 Å². The van der Waals surface area contributed by atoms with Crippen LogP contribution >= 0.6 is 23.2 Å². The van der Waals surface area contributed by atoms with Gasteiger partial charge in [-0.2, -0.15) is 4.98 Å². The zero-order chi connectivity index (χ0) is 15.4. The van der Waals surface area contributed by atoms with Gasteiger partial charge in [0.05, 0.1) is 5.92 Å². The van der Waals surface area contributed by atoms with E-state index in [0.717, 1.165) is 12.0 Å². The summed E-state index contributed by atoms with van der Waals surface area (Å²) in [6.07, 6.45) is 1.47. The molecule has 0 aliphatic rings. The molecule has 114 valence electrons. The number of nitrogens with one attached hydrogen (secondary N) is 1. The number of rotatable bonds is 6. The maximum atomic E-state index is 6.17. The molecule has 0 spiro atoms. The zero-order valence-corrected chi connectivity index (χ0v) is 13.9. The van der Waals surface area contributed by atoms with Crippen LogP contribution < -0.4 is 5.32 Å². The molecule has 1 aromatic carbocycles. The van der Waals surface area contributed by atoms with Gasteiger partial charge >= 0.3 is 0 Å². The van der Waals surface area contributed by atoms with E-state index in [9.17, 15) is 0 Å². The second kappa shape index (κ2) is 7.25. The van der Waals surface area contributed by atoms with Gasteiger partial charge in [-0.15, -0.1) is 0 Å². The molecule has 2 aromatic rings. The number of aromatic nitrogens is 2. The second-order valence-electron chi connectivity index (χ2n) is 5.05. The van der Waals surface area contributed by atoms with Crippen molar-refractivity contribution < 1.29 is 4.52 Å². The van der Waals surface area contributed by atoms with Crippen molar-refractivity contribution in [1.29, 1.82) is 0 Å². The van der Waals surface area contributed by atoms with Crippen molar-refractivity contribution in [3.63, 3.8) is 0 Å². The van der Waals surface area contributed by atoms with Crippen LogP contribution in [0.2, 0.25) is 10.0 Å². The molecule has 2 rings (SSSR count). The fraction of sp³-hybridized carbons (Fsp3) is 0.467. The Labute approximate surface area is 134 Å². The highest BCUT2D eigenvalue weighted by Crippen LogP contribution is 2.25. The van der Waals surface area contributed by atoms with E-state index in [1.54, 1.807) is 6.07 Å². The zero-order valence-electron chi connectivity index (χ0n) is 12.4. The number of hydrogen-bond donors (Lipinski definition) is 1. The molecule has 21 heavy (non-hydrogen) atoms. The Morgan fingerprint density at radius 1 is 1.33 bits per heavy atom. The van der Waals surface area contributed by atoms with E-state index in [-0.39, 0.29) is 12.0 Å². The minimum Gasteiger partial charge on any atom is -0.339 e. The van der Waals surface area contributed by atoms with Crippen LogP contribution in [0.3, 0.4) is 0 Å². The quantitative estimate of drug-likeness (QED) is 0.868. The Hall–Kier alpha value is -1.10. The van der Waals surface area contributed by atoms with Gasteiger partial charge in [0.1, 0.15) is 0 Å². The van der Waals surface area contributed by atoms with Gasteiger partial charge in [0, 0.05) is 22.5 Å². The van der Waals surface area contributed by atoms with Crippen LogP contribution in [0.5, 0.6) is 0 Å². The molecule has 2 atom stereocenters. The molecule has 1 heterocycles. The van der Waals surface area contributed by atoms with E-state index >= 15 is 0 Å². The minimum absolute atomic E-state index is 0.205. The van der Waals surface area contributed by atoms with Gasteiger partial charge in [0.25, 0.3) is 0 Å². The Balaban J connectivity index is 2.16. The van der Waals surface area contributed by atoms with Crippen LogP contribution in [-0.2, 0) is 6.42 Å². The topological polar surface area (TPSA) is 51.0 Å². The first-order valence-electron chi connectivity index (χ1n) is 6.98. The van der Waals surface area contributed by atoms with Crippen molar-refractivity contribution >= 4 is 23.2 Å². The summed E-state index contributed by atoms with van der Waals surface area (Å²) in [7, 11) is 1.93. The third kappa shape index (κ3) is 3.96. The SMILES string of the molecule is CCC(c1nc(Cc2ccc(Cl)cc2Cl)no1)C(C)NC. The van der Waals surface area contributed by atoms with Gasteiger partial charge in [0.2, 0.25) is 5.89 Å². The lowest BCUT2D eigenvalue weighted by molar-refractivity contribution is 0.320. The van der Waals surface area contributed by atoms with Gasteiger partial charge < -0.3 is 9.84 Å². The number of halogens is 2. The van der Waals surface area contributed by atoms with Gasteiger partial charge in [-0.05, 0) is 38.1 Å². The molecule has 0 radical (unpaired) electrons. The average Bonchev–Trinajstić information content (AvgIpc) is 2.91. The van der Waals surface area contributed by atoms with Crippen molar-refractivity contribution in [2.24, 2.45) is 0 Å². The summed E-state index contributed by atoms with van der Waals surface area (Å²) in [5, 5.41) is 8.51. The molecule has 6 heteroatoms. The van der Waals surface area contributed by atoms with E-state index in [4.69, 9.17) is 27.7 Å². The van der Waals surface area contributed by atoms with Crippen LogP contribution in [0.4, 0.5) is 0 Å². The van der Waals surface area contributed by atoms with Crippen molar-refractivity contribution in [2.75, 3.05) is 7.05 Å². The average molecular weight is 328 g/mol. The van der Waals surface area contributed by atoms with E-state index in [0.29, 0.717) is 28.2 Å². The third-order valence-corrected chi connectivity index (χ3v) is 4.25. The predicted molar refractivity (Wildman–Crippen MR) is 85.1 cm³/mol. The first-order valence-corrected chi connectivity index (χ1v) is 7.74. The van der Waals surface area contributed by atoms with Gasteiger partial charge in [-0.1, -0.05) is 41.3 Å². The van der Waals surface area contributed by atoms with Crippen molar-refractivity contribution in [2.45, 2.75) is 38.6 Å². The summed E-state index contributed by atoms with van der Waals surface area (Å²) in [5.41, 5.74) is 0.933. The van der Waals surface area contributed by atoms with E-state index in [2.05, 4.69) is 29.3 Å². The molecular formula is C15H19Cl2N3O. The fourth-order valence-electron chi connectivity index (χ4n) is 2.27. The van der Waals surface area contributed by atoms with Crippen molar-refractivity contribution in [3.05, 3.63) is 45.5 Å². The third-order valence-electron chi connectivity index (χ3n) is 3.66. The molecular weight excluding hydrogens is 309 g/mol. The molecule has 0 aliphatic heterocycles. The fourth-order valence-corrected chi connectivity index (χ4v) is 2.74. The Bertz CT molecular complexity index is 600. The second-order valence-corrected chi connectivity index (χ2v) is 5.90. The number of nitrogens with zero attached hydrogens (tertiary/aromatic N) is 2. The largest absolute Gasteiger partial charge is 0.339 e.